The van der Waals surface area contributed by atoms with Crippen molar-refractivity contribution < 1.29 is 14.3 Å². The highest BCUT2D eigenvalue weighted by atomic mass is 32.2. The van der Waals surface area contributed by atoms with Gasteiger partial charge in [0.15, 0.2) is 5.13 Å². The number of aryl methyl sites for hydroxylation is 2. The summed E-state index contributed by atoms with van der Waals surface area (Å²) < 4.78 is 5.21. The van der Waals surface area contributed by atoms with Gasteiger partial charge in [-0.25, -0.2) is 4.98 Å². The van der Waals surface area contributed by atoms with Crippen LogP contribution in [0.5, 0.6) is 5.75 Å². The number of nitrogens with zero attached hydrogens (tertiary/aromatic N) is 1. The second kappa shape index (κ2) is 12.8. The lowest BCUT2D eigenvalue weighted by Gasteiger charge is -2.16. The number of aromatic nitrogens is 1. The minimum Gasteiger partial charge on any atom is -0.497 e. The Morgan fingerprint density at radius 3 is 2.29 bits per heavy atom. The van der Waals surface area contributed by atoms with Crippen molar-refractivity contribution in [2.45, 2.75) is 24.0 Å². The normalized spacial score (nSPS) is 11.5. The van der Waals surface area contributed by atoms with Crippen molar-refractivity contribution in [3.05, 3.63) is 125 Å². The Balaban J connectivity index is 1.31. The van der Waals surface area contributed by atoms with Crippen LogP contribution in [0, 0.1) is 13.8 Å². The number of nitrogens with one attached hydrogen (secondary N) is 2. The predicted octanol–water partition coefficient (Wildman–Crippen LogP) is 8.16. The number of carbonyl (C=O) groups excluding carboxylic acids is 2. The lowest BCUT2D eigenvalue weighted by Crippen LogP contribution is -2.19. The lowest BCUT2D eigenvalue weighted by molar-refractivity contribution is -0.115. The molecule has 8 heteroatoms. The summed E-state index contributed by atoms with van der Waals surface area (Å²) >= 11 is 2.91. The number of thioether (sulfide) groups is 1. The maximum atomic E-state index is 13.6. The van der Waals surface area contributed by atoms with E-state index in [0.29, 0.717) is 22.1 Å². The zero-order valence-corrected chi connectivity index (χ0v) is 24.5. The number of thiazole rings is 1. The molecule has 4 aromatic carbocycles. The monoisotopic (exact) mass is 579 g/mol. The summed E-state index contributed by atoms with van der Waals surface area (Å²) in [6, 6.07) is 32.4. The predicted molar refractivity (Wildman–Crippen MR) is 168 cm³/mol. The van der Waals surface area contributed by atoms with Crippen LogP contribution in [0.2, 0.25) is 0 Å². The molecule has 2 N–H and O–H groups in total. The van der Waals surface area contributed by atoms with Gasteiger partial charge in [0.1, 0.15) is 11.0 Å². The van der Waals surface area contributed by atoms with Crippen LogP contribution in [0.25, 0.3) is 11.3 Å². The third kappa shape index (κ3) is 7.03. The molecule has 1 atom stereocenters. The van der Waals surface area contributed by atoms with Crippen molar-refractivity contribution in [1.82, 2.24) is 4.98 Å². The van der Waals surface area contributed by atoms with E-state index in [4.69, 9.17) is 9.72 Å². The fourth-order valence-corrected chi connectivity index (χ4v) is 6.08. The van der Waals surface area contributed by atoms with E-state index < -0.39 is 5.25 Å². The third-order valence-electron chi connectivity index (χ3n) is 6.39. The van der Waals surface area contributed by atoms with Gasteiger partial charge >= 0.3 is 0 Å². The van der Waals surface area contributed by atoms with Crippen molar-refractivity contribution in [1.29, 1.82) is 0 Å². The first-order chi connectivity index (χ1) is 19.9. The maximum Gasteiger partial charge on any atom is 0.255 e. The molecule has 0 saturated carbocycles. The van der Waals surface area contributed by atoms with Gasteiger partial charge in [-0.05, 0) is 61.9 Å². The molecule has 0 radical (unpaired) electrons. The zero-order chi connectivity index (χ0) is 28.8. The van der Waals surface area contributed by atoms with E-state index in [1.165, 1.54) is 28.7 Å². The van der Waals surface area contributed by atoms with Crippen LogP contribution in [0.15, 0.2) is 108 Å². The minimum absolute atomic E-state index is 0.152. The highest BCUT2D eigenvalue weighted by Gasteiger charge is 2.24. The lowest BCUT2D eigenvalue weighted by atomic mass is 10.1. The first-order valence-corrected chi connectivity index (χ1v) is 14.7. The summed E-state index contributed by atoms with van der Waals surface area (Å²) in [4.78, 5) is 33.0. The average Bonchev–Trinajstić information content (AvgIpc) is 3.36. The van der Waals surface area contributed by atoms with E-state index >= 15 is 0 Å². The number of anilines is 2. The van der Waals surface area contributed by atoms with Crippen LogP contribution < -0.4 is 15.4 Å². The quantitative estimate of drug-likeness (QED) is 0.172. The molecule has 1 heterocycles. The van der Waals surface area contributed by atoms with Crippen LogP contribution in [0.4, 0.5) is 10.8 Å². The summed E-state index contributed by atoms with van der Waals surface area (Å²) in [5.41, 5.74) is 5.14. The largest absolute Gasteiger partial charge is 0.497 e. The second-order valence-corrected chi connectivity index (χ2v) is 11.8. The Labute approximate surface area is 247 Å². The van der Waals surface area contributed by atoms with E-state index in [9.17, 15) is 9.59 Å². The minimum atomic E-state index is -0.500. The molecule has 0 aliphatic heterocycles. The molecular weight excluding hydrogens is 551 g/mol. The number of rotatable bonds is 9. The van der Waals surface area contributed by atoms with Gasteiger partial charge < -0.3 is 15.4 Å². The second-order valence-electron chi connectivity index (χ2n) is 9.40. The molecule has 0 aliphatic carbocycles. The average molecular weight is 580 g/mol. The van der Waals surface area contributed by atoms with Crippen molar-refractivity contribution in [2.75, 3.05) is 17.7 Å². The summed E-state index contributed by atoms with van der Waals surface area (Å²) in [5.74, 6) is 0.240. The molecule has 6 nitrogen and oxygen atoms in total. The highest BCUT2D eigenvalue weighted by Crippen LogP contribution is 2.38. The maximum absolute atomic E-state index is 13.6. The van der Waals surface area contributed by atoms with E-state index in [2.05, 4.69) is 29.7 Å². The Bertz CT molecular complexity index is 1650. The summed E-state index contributed by atoms with van der Waals surface area (Å²) in [6.45, 7) is 4.07. The van der Waals surface area contributed by atoms with E-state index in [1.807, 2.05) is 73.7 Å². The fraction of sp³-hybridized carbons (Fsp3) is 0.121. The summed E-state index contributed by atoms with van der Waals surface area (Å²) in [7, 11) is 1.57. The van der Waals surface area contributed by atoms with Gasteiger partial charge in [0.2, 0.25) is 5.91 Å². The van der Waals surface area contributed by atoms with Crippen LogP contribution in [0.3, 0.4) is 0 Å². The number of benzene rings is 4. The third-order valence-corrected chi connectivity index (χ3v) is 8.54. The Kier molecular flexibility index (Phi) is 8.82. The molecule has 41 heavy (non-hydrogen) atoms. The molecule has 0 aliphatic rings. The Morgan fingerprint density at radius 1 is 0.854 bits per heavy atom. The van der Waals surface area contributed by atoms with Gasteiger partial charge in [0.25, 0.3) is 5.91 Å². The number of ether oxygens (including phenoxy) is 1. The fourth-order valence-electron chi connectivity index (χ4n) is 4.22. The van der Waals surface area contributed by atoms with Crippen LogP contribution in [-0.4, -0.2) is 23.9 Å². The van der Waals surface area contributed by atoms with Crippen molar-refractivity contribution in [2.24, 2.45) is 0 Å². The smallest absolute Gasteiger partial charge is 0.255 e. The van der Waals surface area contributed by atoms with E-state index in [1.54, 1.807) is 31.4 Å². The number of hydrogen-bond donors (Lipinski definition) is 2. The molecule has 1 unspecified atom stereocenters. The van der Waals surface area contributed by atoms with Gasteiger partial charge in [0, 0.05) is 26.6 Å². The summed E-state index contributed by atoms with van der Waals surface area (Å²) in [5, 5.41) is 6.03. The molecule has 2 amide bonds. The molecular formula is C33H29N3O3S2. The molecule has 5 aromatic rings. The molecule has 0 fully saturated rings. The molecule has 0 spiro atoms. The van der Waals surface area contributed by atoms with Gasteiger partial charge in [-0.1, -0.05) is 66.2 Å². The molecule has 0 bridgehead atoms. The number of carbonyl (C=O) groups is 2. The van der Waals surface area contributed by atoms with E-state index in [-0.39, 0.29) is 11.8 Å². The van der Waals surface area contributed by atoms with Gasteiger partial charge in [0.05, 0.1) is 12.8 Å². The molecule has 0 saturated heterocycles. The van der Waals surface area contributed by atoms with Crippen molar-refractivity contribution >= 4 is 45.7 Å². The van der Waals surface area contributed by atoms with Crippen molar-refractivity contribution in [3.8, 4) is 17.0 Å². The SMILES string of the molecule is COc1cccc(C(=O)Nc2ccc(SC(C(=O)Nc3nc(-c4ccc(C)cc4)c(C)s3)c3ccccc3)cc2)c1. The topological polar surface area (TPSA) is 80.3 Å². The first-order valence-electron chi connectivity index (χ1n) is 13.0. The van der Waals surface area contributed by atoms with Crippen LogP contribution in [-0.2, 0) is 4.79 Å². The Hall–Kier alpha value is -4.40. The number of hydrogen-bond acceptors (Lipinski definition) is 6. The van der Waals surface area contributed by atoms with Crippen LogP contribution in [0.1, 0.15) is 31.6 Å². The molecule has 206 valence electrons. The Morgan fingerprint density at radius 2 is 1.59 bits per heavy atom. The van der Waals surface area contributed by atoms with Gasteiger partial charge in [-0.15, -0.1) is 23.1 Å². The first kappa shape index (κ1) is 28.1. The van der Waals surface area contributed by atoms with Gasteiger partial charge in [-0.3, -0.25) is 9.59 Å². The molecule has 1 aromatic heterocycles. The number of amides is 2. The summed E-state index contributed by atoms with van der Waals surface area (Å²) in [6.07, 6.45) is 0. The number of methoxy groups -OCH3 is 1. The standard InChI is InChI=1S/C33H29N3O3S2/c1-21-12-14-23(15-13-21)29-22(2)40-33(35-29)36-32(38)30(24-8-5-4-6-9-24)41-28-18-16-26(17-19-28)34-31(37)25-10-7-11-27(20-25)39-3/h4-20,30H,1-3H3,(H,34,37)(H,35,36,38). The molecule has 5 rings (SSSR count). The van der Waals surface area contributed by atoms with Crippen LogP contribution >= 0.6 is 23.1 Å². The van der Waals surface area contributed by atoms with Gasteiger partial charge in [-0.2, -0.15) is 0 Å². The van der Waals surface area contributed by atoms with E-state index in [0.717, 1.165) is 26.6 Å². The van der Waals surface area contributed by atoms with Crippen molar-refractivity contribution in [3.63, 3.8) is 0 Å². The zero-order valence-electron chi connectivity index (χ0n) is 22.9. The highest BCUT2D eigenvalue weighted by molar-refractivity contribution is 8.00.